The van der Waals surface area contributed by atoms with Gasteiger partial charge in [0.25, 0.3) is 0 Å². The van der Waals surface area contributed by atoms with Crippen LogP contribution in [-0.2, 0) is 9.53 Å². The Morgan fingerprint density at radius 2 is 1.87 bits per heavy atom. The van der Waals surface area contributed by atoms with Crippen molar-refractivity contribution in [2.24, 2.45) is 23.7 Å². The summed E-state index contributed by atoms with van der Waals surface area (Å²) in [5.41, 5.74) is 0. The largest absolute Gasteiger partial charge is 0.469 e. The zero-order chi connectivity index (χ0) is 11.4. The number of hydrogen-bond acceptors (Lipinski definition) is 3. The molecule has 88 valence electrons. The molecule has 1 aliphatic rings. The molecule has 0 spiro atoms. The van der Waals surface area contributed by atoms with Crippen LogP contribution >= 0.6 is 0 Å². The maximum atomic E-state index is 11.5. The highest BCUT2D eigenvalue weighted by molar-refractivity contribution is 5.72. The molecule has 0 aromatic heterocycles. The van der Waals surface area contributed by atoms with Crippen molar-refractivity contribution in [3.8, 4) is 0 Å². The maximum Gasteiger partial charge on any atom is 0.311 e. The van der Waals surface area contributed by atoms with Crippen LogP contribution in [-0.4, -0.2) is 24.8 Å². The Morgan fingerprint density at radius 3 is 2.27 bits per heavy atom. The molecular formula is C12H22O3. The molecule has 3 unspecified atom stereocenters. The summed E-state index contributed by atoms with van der Waals surface area (Å²) in [6, 6.07) is 0. The van der Waals surface area contributed by atoms with Gasteiger partial charge in [-0.3, -0.25) is 4.79 Å². The third-order valence-electron chi connectivity index (χ3n) is 3.48. The highest BCUT2D eigenvalue weighted by Gasteiger charge is 2.34. The summed E-state index contributed by atoms with van der Waals surface area (Å²) < 4.78 is 4.73. The van der Waals surface area contributed by atoms with Gasteiger partial charge in [-0.2, -0.15) is 0 Å². The number of rotatable bonds is 3. The fourth-order valence-corrected chi connectivity index (χ4v) is 2.91. The zero-order valence-electron chi connectivity index (χ0n) is 9.90. The minimum atomic E-state index is -0.319. The molecule has 0 amide bonds. The summed E-state index contributed by atoms with van der Waals surface area (Å²) in [6.45, 7) is 4.35. The van der Waals surface area contributed by atoms with Crippen molar-refractivity contribution >= 4 is 5.97 Å². The fourth-order valence-electron chi connectivity index (χ4n) is 2.91. The third kappa shape index (κ3) is 3.20. The van der Waals surface area contributed by atoms with Crippen molar-refractivity contribution in [1.29, 1.82) is 0 Å². The van der Waals surface area contributed by atoms with Gasteiger partial charge in [-0.1, -0.05) is 13.8 Å². The number of aliphatic hydroxyl groups excluding tert-OH is 1. The van der Waals surface area contributed by atoms with Crippen LogP contribution in [0, 0.1) is 23.7 Å². The van der Waals surface area contributed by atoms with Crippen LogP contribution in [0.15, 0.2) is 0 Å². The Kier molecular flexibility index (Phi) is 4.58. The molecule has 1 fully saturated rings. The van der Waals surface area contributed by atoms with Crippen LogP contribution in [0.4, 0.5) is 0 Å². The molecule has 3 heteroatoms. The van der Waals surface area contributed by atoms with E-state index in [0.717, 1.165) is 12.8 Å². The fraction of sp³-hybridized carbons (Fsp3) is 0.917. The van der Waals surface area contributed by atoms with E-state index in [2.05, 4.69) is 13.8 Å². The van der Waals surface area contributed by atoms with Crippen LogP contribution in [0.1, 0.15) is 33.1 Å². The van der Waals surface area contributed by atoms with Gasteiger partial charge in [-0.05, 0) is 37.0 Å². The minimum Gasteiger partial charge on any atom is -0.469 e. The quantitative estimate of drug-likeness (QED) is 0.729. The number of hydrogen-bond donors (Lipinski definition) is 1. The number of carbonyl (C=O) groups excluding carboxylic acids is 1. The van der Waals surface area contributed by atoms with Gasteiger partial charge in [-0.25, -0.2) is 0 Å². The predicted octanol–water partition coefficient (Wildman–Crippen LogP) is 1.84. The summed E-state index contributed by atoms with van der Waals surface area (Å²) in [6.07, 6.45) is 3.30. The van der Waals surface area contributed by atoms with Crippen LogP contribution in [0.2, 0.25) is 0 Å². The lowest BCUT2D eigenvalue weighted by Gasteiger charge is -2.34. The first kappa shape index (κ1) is 12.5. The van der Waals surface area contributed by atoms with E-state index >= 15 is 0 Å². The third-order valence-corrected chi connectivity index (χ3v) is 3.48. The Bertz CT molecular complexity index is 205. The zero-order valence-corrected chi connectivity index (χ0v) is 9.90. The topological polar surface area (TPSA) is 46.5 Å². The van der Waals surface area contributed by atoms with E-state index in [4.69, 9.17) is 4.74 Å². The van der Waals surface area contributed by atoms with Crippen molar-refractivity contribution in [1.82, 2.24) is 0 Å². The SMILES string of the molecule is COC(=O)C(CO)C1CC(C)CC(C)C1. The first-order chi connectivity index (χ1) is 7.08. The Labute approximate surface area is 91.8 Å². The lowest BCUT2D eigenvalue weighted by molar-refractivity contribution is -0.150. The molecular weight excluding hydrogens is 192 g/mol. The molecule has 1 rings (SSSR count). The number of methoxy groups -OCH3 is 1. The summed E-state index contributed by atoms with van der Waals surface area (Å²) in [5, 5.41) is 9.25. The minimum absolute atomic E-state index is 0.0865. The highest BCUT2D eigenvalue weighted by atomic mass is 16.5. The lowest BCUT2D eigenvalue weighted by atomic mass is 9.71. The van der Waals surface area contributed by atoms with Crippen molar-refractivity contribution < 1.29 is 14.6 Å². The monoisotopic (exact) mass is 214 g/mol. The first-order valence-corrected chi connectivity index (χ1v) is 5.77. The molecule has 0 aromatic carbocycles. The average molecular weight is 214 g/mol. The number of aliphatic hydroxyl groups is 1. The number of esters is 1. The van der Waals surface area contributed by atoms with E-state index in [-0.39, 0.29) is 18.5 Å². The van der Waals surface area contributed by atoms with Crippen molar-refractivity contribution in [2.75, 3.05) is 13.7 Å². The van der Waals surface area contributed by atoms with Crippen molar-refractivity contribution in [3.05, 3.63) is 0 Å². The molecule has 15 heavy (non-hydrogen) atoms. The van der Waals surface area contributed by atoms with Crippen LogP contribution < -0.4 is 0 Å². The molecule has 1 N–H and O–H groups in total. The second kappa shape index (κ2) is 5.50. The van der Waals surface area contributed by atoms with Gasteiger partial charge in [0.05, 0.1) is 19.6 Å². The smallest absolute Gasteiger partial charge is 0.311 e. The van der Waals surface area contributed by atoms with Gasteiger partial charge < -0.3 is 9.84 Å². The van der Waals surface area contributed by atoms with Gasteiger partial charge >= 0.3 is 5.97 Å². The Balaban J connectivity index is 2.63. The Hall–Kier alpha value is -0.570. The molecule has 0 aromatic rings. The van der Waals surface area contributed by atoms with Gasteiger partial charge in [0.1, 0.15) is 0 Å². The van der Waals surface area contributed by atoms with E-state index in [9.17, 15) is 9.90 Å². The predicted molar refractivity (Wildman–Crippen MR) is 58.3 cm³/mol. The van der Waals surface area contributed by atoms with E-state index < -0.39 is 0 Å². The highest BCUT2D eigenvalue weighted by Crippen LogP contribution is 2.37. The van der Waals surface area contributed by atoms with Crippen LogP contribution in [0.3, 0.4) is 0 Å². The molecule has 0 bridgehead atoms. The average Bonchev–Trinajstić information content (AvgIpc) is 2.17. The van der Waals surface area contributed by atoms with Gasteiger partial charge in [0.2, 0.25) is 0 Å². The molecule has 0 saturated heterocycles. The summed E-state index contributed by atoms with van der Waals surface area (Å²) in [4.78, 5) is 11.5. The molecule has 1 saturated carbocycles. The van der Waals surface area contributed by atoms with Gasteiger partial charge in [0, 0.05) is 0 Å². The number of carbonyl (C=O) groups is 1. The molecule has 0 aliphatic heterocycles. The molecule has 3 atom stereocenters. The molecule has 1 aliphatic carbocycles. The van der Waals surface area contributed by atoms with Crippen LogP contribution in [0.25, 0.3) is 0 Å². The maximum absolute atomic E-state index is 11.5. The normalized spacial score (nSPS) is 33.5. The van der Waals surface area contributed by atoms with Crippen molar-refractivity contribution in [2.45, 2.75) is 33.1 Å². The van der Waals surface area contributed by atoms with Gasteiger partial charge in [0.15, 0.2) is 0 Å². The second-order valence-electron chi connectivity index (χ2n) is 4.99. The van der Waals surface area contributed by atoms with E-state index in [1.807, 2.05) is 0 Å². The second-order valence-corrected chi connectivity index (χ2v) is 4.99. The van der Waals surface area contributed by atoms with E-state index in [1.165, 1.54) is 13.5 Å². The van der Waals surface area contributed by atoms with Crippen LogP contribution in [0.5, 0.6) is 0 Å². The lowest BCUT2D eigenvalue weighted by Crippen LogP contribution is -2.33. The summed E-state index contributed by atoms with van der Waals surface area (Å²) >= 11 is 0. The molecule has 3 nitrogen and oxygen atoms in total. The molecule has 0 heterocycles. The number of ether oxygens (including phenoxy) is 1. The van der Waals surface area contributed by atoms with E-state index in [0.29, 0.717) is 17.8 Å². The van der Waals surface area contributed by atoms with E-state index in [1.54, 1.807) is 0 Å². The molecule has 0 radical (unpaired) electrons. The first-order valence-electron chi connectivity index (χ1n) is 5.77. The Morgan fingerprint density at radius 1 is 1.33 bits per heavy atom. The van der Waals surface area contributed by atoms with Gasteiger partial charge in [-0.15, -0.1) is 0 Å². The standard InChI is InChI=1S/C12H22O3/c1-8-4-9(2)6-10(5-8)11(7-13)12(14)15-3/h8-11,13H,4-7H2,1-3H3. The summed E-state index contributed by atoms with van der Waals surface area (Å²) in [5.74, 6) is 1.01. The summed E-state index contributed by atoms with van der Waals surface area (Å²) in [7, 11) is 1.39. The van der Waals surface area contributed by atoms with Crippen molar-refractivity contribution in [3.63, 3.8) is 0 Å².